The highest BCUT2D eigenvalue weighted by atomic mass is 19.1. The van der Waals surface area contributed by atoms with Gasteiger partial charge >= 0.3 is 0 Å². The van der Waals surface area contributed by atoms with Gasteiger partial charge in [0.1, 0.15) is 17.3 Å². The maximum atomic E-state index is 13.6. The second kappa shape index (κ2) is 8.64. The van der Waals surface area contributed by atoms with E-state index < -0.39 is 0 Å². The fourth-order valence-corrected chi connectivity index (χ4v) is 4.70. The second-order valence-electron chi connectivity index (χ2n) is 8.56. The Bertz CT molecular complexity index is 1420. The predicted molar refractivity (Wildman–Crippen MR) is 128 cm³/mol. The molecular weight excluding hydrogens is 451 g/mol. The number of ether oxygens (including phenoxy) is 1. The number of hydrogen-bond donors (Lipinski definition) is 3. The highest BCUT2D eigenvalue weighted by Crippen LogP contribution is 2.35. The fourth-order valence-electron chi connectivity index (χ4n) is 4.70. The number of rotatable bonds is 5. The summed E-state index contributed by atoms with van der Waals surface area (Å²) in [7, 11) is 0. The summed E-state index contributed by atoms with van der Waals surface area (Å²) in [5.41, 5.74) is 5.16. The number of fused-ring (bicyclic) bond motifs is 2. The van der Waals surface area contributed by atoms with Crippen molar-refractivity contribution in [3.8, 4) is 11.3 Å². The van der Waals surface area contributed by atoms with Gasteiger partial charge in [0, 0.05) is 37.5 Å². The summed E-state index contributed by atoms with van der Waals surface area (Å²) in [6, 6.07) is 10.4. The van der Waals surface area contributed by atoms with Gasteiger partial charge in [-0.05, 0) is 29.8 Å². The van der Waals surface area contributed by atoms with Gasteiger partial charge in [-0.2, -0.15) is 0 Å². The van der Waals surface area contributed by atoms with E-state index in [0.717, 1.165) is 29.1 Å². The molecule has 3 N–H and O–H groups in total. The molecule has 1 aromatic carbocycles. The van der Waals surface area contributed by atoms with Crippen LogP contribution in [0.5, 0.6) is 0 Å². The Balaban J connectivity index is 1.30. The summed E-state index contributed by atoms with van der Waals surface area (Å²) in [6.07, 6.45) is 4.90. The third-order valence-electron chi connectivity index (χ3n) is 6.44. The Morgan fingerprint density at radius 2 is 2.11 bits per heavy atom. The molecule has 5 heterocycles. The van der Waals surface area contributed by atoms with Gasteiger partial charge in [0.25, 0.3) is 5.91 Å². The Morgan fingerprint density at radius 1 is 1.20 bits per heavy atom. The van der Waals surface area contributed by atoms with Gasteiger partial charge in [0.2, 0.25) is 0 Å². The van der Waals surface area contributed by atoms with Crippen LogP contribution in [0.15, 0.2) is 55.0 Å². The van der Waals surface area contributed by atoms with Gasteiger partial charge in [-0.3, -0.25) is 9.20 Å². The zero-order valence-electron chi connectivity index (χ0n) is 18.7. The van der Waals surface area contributed by atoms with Crippen molar-refractivity contribution in [1.82, 2.24) is 19.7 Å². The average molecular weight is 474 g/mol. The fraction of sp³-hybridized carbons (Fsp3) is 0.240. The number of carbonyl (C=O) groups excluding carboxylic acids is 1. The first-order valence-corrected chi connectivity index (χ1v) is 11.4. The van der Waals surface area contributed by atoms with Gasteiger partial charge in [0.15, 0.2) is 0 Å². The smallest absolute Gasteiger partial charge is 0.254 e. The van der Waals surface area contributed by atoms with Crippen molar-refractivity contribution in [3.63, 3.8) is 0 Å². The van der Waals surface area contributed by atoms with Gasteiger partial charge in [-0.1, -0.05) is 6.07 Å². The molecule has 1 fully saturated rings. The number of aliphatic hydroxyl groups is 1. The minimum atomic E-state index is -0.350. The number of imidazole rings is 1. The van der Waals surface area contributed by atoms with Crippen molar-refractivity contribution in [2.45, 2.75) is 12.6 Å². The van der Waals surface area contributed by atoms with Crippen LogP contribution >= 0.6 is 0 Å². The molecule has 6 rings (SSSR count). The summed E-state index contributed by atoms with van der Waals surface area (Å²) in [5, 5.41) is 15.6. The summed E-state index contributed by atoms with van der Waals surface area (Å²) >= 11 is 0. The first-order chi connectivity index (χ1) is 17.1. The molecular formula is C25H23FN6O3. The molecule has 0 bridgehead atoms. The van der Waals surface area contributed by atoms with Gasteiger partial charge in [0.05, 0.1) is 54.3 Å². The van der Waals surface area contributed by atoms with Gasteiger partial charge < -0.3 is 25.4 Å². The normalized spacial score (nSPS) is 17.5. The third kappa shape index (κ3) is 3.86. The number of halogens is 1. The quantitative estimate of drug-likeness (QED) is 0.409. The second-order valence-corrected chi connectivity index (χ2v) is 8.56. The molecule has 0 saturated carbocycles. The minimum Gasteiger partial charge on any atom is -0.394 e. The van der Waals surface area contributed by atoms with Crippen molar-refractivity contribution in [2.24, 2.45) is 0 Å². The first kappa shape index (κ1) is 21.5. The van der Waals surface area contributed by atoms with E-state index in [-0.39, 0.29) is 24.4 Å². The molecule has 0 spiro atoms. The van der Waals surface area contributed by atoms with E-state index in [1.165, 1.54) is 12.1 Å². The van der Waals surface area contributed by atoms with Crippen LogP contribution < -0.4 is 15.5 Å². The van der Waals surface area contributed by atoms with Crippen LogP contribution in [-0.2, 0) is 11.3 Å². The number of benzene rings is 1. The number of aromatic nitrogens is 3. The van der Waals surface area contributed by atoms with Gasteiger partial charge in [-0.25, -0.2) is 14.4 Å². The Morgan fingerprint density at radius 3 is 2.94 bits per heavy atom. The van der Waals surface area contributed by atoms with Crippen LogP contribution in [-0.4, -0.2) is 57.8 Å². The molecule has 0 radical (unpaired) electrons. The van der Waals surface area contributed by atoms with E-state index >= 15 is 0 Å². The van der Waals surface area contributed by atoms with Crippen molar-refractivity contribution in [1.29, 1.82) is 0 Å². The molecule has 2 aliphatic heterocycles. The molecule has 1 atom stereocenters. The zero-order valence-corrected chi connectivity index (χ0v) is 18.7. The number of nitrogens with one attached hydrogen (secondary N) is 2. The van der Waals surface area contributed by atoms with Crippen LogP contribution in [0.3, 0.4) is 0 Å². The lowest BCUT2D eigenvalue weighted by Gasteiger charge is -2.33. The van der Waals surface area contributed by atoms with E-state index in [4.69, 9.17) is 4.74 Å². The number of amides is 1. The topological polar surface area (TPSA) is 104 Å². The van der Waals surface area contributed by atoms with Crippen LogP contribution in [0.25, 0.3) is 16.9 Å². The summed E-state index contributed by atoms with van der Waals surface area (Å²) in [6.45, 7) is 2.27. The lowest BCUT2D eigenvalue weighted by atomic mass is 9.99. The highest BCUT2D eigenvalue weighted by molar-refractivity contribution is 6.06. The molecule has 1 amide bonds. The van der Waals surface area contributed by atoms with E-state index in [1.807, 2.05) is 28.7 Å². The van der Waals surface area contributed by atoms with E-state index in [9.17, 15) is 14.3 Å². The SMILES string of the molecule is O=C1NCc2c(-c3cnc4cc(F)ccn34)ccc(Nc3ccc(N4CCOC(CO)C4)cn3)c21. The number of carbonyl (C=O) groups is 1. The number of anilines is 3. The first-order valence-electron chi connectivity index (χ1n) is 11.4. The van der Waals surface area contributed by atoms with E-state index in [0.29, 0.717) is 42.4 Å². The van der Waals surface area contributed by atoms with Crippen molar-refractivity contribution >= 4 is 28.7 Å². The Labute approximate surface area is 200 Å². The Hall–Kier alpha value is -4.02. The number of hydrogen-bond acceptors (Lipinski definition) is 7. The van der Waals surface area contributed by atoms with Crippen LogP contribution in [0, 0.1) is 5.82 Å². The molecule has 3 aromatic heterocycles. The van der Waals surface area contributed by atoms with Crippen molar-refractivity contribution in [3.05, 3.63) is 71.9 Å². The third-order valence-corrected chi connectivity index (χ3v) is 6.44. The molecule has 9 nitrogen and oxygen atoms in total. The van der Waals surface area contributed by atoms with Crippen LogP contribution in [0.4, 0.5) is 21.6 Å². The maximum Gasteiger partial charge on any atom is 0.254 e. The summed E-state index contributed by atoms with van der Waals surface area (Å²) in [5.74, 6) is 0.0986. The molecule has 4 aromatic rings. The molecule has 0 aliphatic carbocycles. The van der Waals surface area contributed by atoms with Crippen molar-refractivity contribution in [2.75, 3.05) is 36.5 Å². The molecule has 1 saturated heterocycles. The highest BCUT2D eigenvalue weighted by Gasteiger charge is 2.27. The summed E-state index contributed by atoms with van der Waals surface area (Å²) < 4.78 is 20.9. The van der Waals surface area contributed by atoms with Crippen LogP contribution in [0.2, 0.25) is 0 Å². The van der Waals surface area contributed by atoms with Gasteiger partial charge in [-0.15, -0.1) is 0 Å². The molecule has 1 unspecified atom stereocenters. The molecule has 178 valence electrons. The van der Waals surface area contributed by atoms with Crippen molar-refractivity contribution < 1.29 is 19.0 Å². The molecule has 2 aliphatic rings. The number of nitrogens with zero attached hydrogens (tertiary/aromatic N) is 4. The molecule has 35 heavy (non-hydrogen) atoms. The minimum absolute atomic E-state index is 0.0152. The maximum absolute atomic E-state index is 13.6. The Kier molecular flexibility index (Phi) is 5.31. The number of pyridine rings is 2. The summed E-state index contributed by atoms with van der Waals surface area (Å²) in [4.78, 5) is 23.7. The van der Waals surface area contributed by atoms with E-state index in [1.54, 1.807) is 18.6 Å². The van der Waals surface area contributed by atoms with E-state index in [2.05, 4.69) is 25.5 Å². The van der Waals surface area contributed by atoms with Crippen LogP contribution in [0.1, 0.15) is 15.9 Å². The largest absolute Gasteiger partial charge is 0.394 e. The number of aliphatic hydroxyl groups excluding tert-OH is 1. The lowest BCUT2D eigenvalue weighted by molar-refractivity contribution is 0.00355. The monoisotopic (exact) mass is 474 g/mol. The standard InChI is InChI=1S/C25H23FN6O3/c26-15-5-6-32-21(12-28-23(32)9-15)18-2-3-20(24-19(18)11-29-25(24)34)30-22-4-1-16(10-27-22)31-7-8-35-17(13-31)14-33/h1-6,9-10,12,17,33H,7-8,11,13-14H2,(H,27,30)(H,29,34). The number of morpholine rings is 1. The predicted octanol–water partition coefficient (Wildman–Crippen LogP) is 2.72. The lowest BCUT2D eigenvalue weighted by Crippen LogP contribution is -2.44. The molecule has 10 heteroatoms. The average Bonchev–Trinajstić information content (AvgIpc) is 3.48. The zero-order chi connectivity index (χ0) is 23.9.